The molecule has 3 aromatic heterocycles. The third-order valence-electron chi connectivity index (χ3n) is 3.48. The molecular formula is C14H13N3OS2. The maximum Gasteiger partial charge on any atom is 0.232 e. The van der Waals surface area contributed by atoms with Crippen LogP contribution in [-0.2, 0) is 6.54 Å². The molecule has 6 heteroatoms. The highest BCUT2D eigenvalue weighted by Crippen LogP contribution is 2.30. The van der Waals surface area contributed by atoms with E-state index in [-0.39, 0.29) is 0 Å². The number of nitrogens with zero attached hydrogens (tertiary/aromatic N) is 3. The van der Waals surface area contributed by atoms with Crippen molar-refractivity contribution in [3.63, 3.8) is 0 Å². The van der Waals surface area contributed by atoms with E-state index in [0.29, 0.717) is 11.7 Å². The van der Waals surface area contributed by atoms with Crippen LogP contribution in [0.3, 0.4) is 0 Å². The van der Waals surface area contributed by atoms with Gasteiger partial charge in [0, 0.05) is 19.6 Å². The molecule has 0 aromatic carbocycles. The van der Waals surface area contributed by atoms with Gasteiger partial charge in [0.05, 0.1) is 10.8 Å². The molecule has 0 N–H and O–H groups in total. The summed E-state index contributed by atoms with van der Waals surface area (Å²) in [7, 11) is 0. The first-order chi connectivity index (χ1) is 9.88. The van der Waals surface area contributed by atoms with Crippen molar-refractivity contribution in [1.82, 2.24) is 15.0 Å². The Morgan fingerprint density at radius 1 is 1.30 bits per heavy atom. The molecule has 3 aromatic rings. The summed E-state index contributed by atoms with van der Waals surface area (Å²) in [5.74, 6) is 1.87. The van der Waals surface area contributed by atoms with Gasteiger partial charge in [0.1, 0.15) is 0 Å². The van der Waals surface area contributed by atoms with Crippen LogP contribution in [0, 0.1) is 0 Å². The maximum atomic E-state index is 5.40. The number of rotatable bonds is 4. The van der Waals surface area contributed by atoms with E-state index in [0.717, 1.165) is 30.4 Å². The quantitative estimate of drug-likeness (QED) is 0.740. The molecular weight excluding hydrogens is 290 g/mol. The van der Waals surface area contributed by atoms with Crippen molar-refractivity contribution in [2.75, 3.05) is 13.1 Å². The van der Waals surface area contributed by atoms with Gasteiger partial charge in [-0.05, 0) is 33.8 Å². The van der Waals surface area contributed by atoms with E-state index in [2.05, 4.69) is 31.9 Å². The number of hydrogen-bond donors (Lipinski definition) is 0. The lowest BCUT2D eigenvalue weighted by molar-refractivity contribution is 0.117. The van der Waals surface area contributed by atoms with E-state index in [1.807, 2.05) is 17.5 Å². The van der Waals surface area contributed by atoms with Gasteiger partial charge in [-0.1, -0.05) is 11.2 Å². The van der Waals surface area contributed by atoms with E-state index < -0.39 is 0 Å². The summed E-state index contributed by atoms with van der Waals surface area (Å²) in [6, 6.07) is 6.20. The Hall–Kier alpha value is -1.50. The average molecular weight is 303 g/mol. The molecule has 0 aliphatic carbocycles. The fourth-order valence-electron chi connectivity index (χ4n) is 2.40. The summed E-state index contributed by atoms with van der Waals surface area (Å²) in [6.45, 7) is 3.02. The second kappa shape index (κ2) is 5.12. The summed E-state index contributed by atoms with van der Waals surface area (Å²) in [6.07, 6.45) is 0. The zero-order valence-electron chi connectivity index (χ0n) is 10.7. The summed E-state index contributed by atoms with van der Waals surface area (Å²) >= 11 is 3.38. The Morgan fingerprint density at radius 2 is 2.25 bits per heavy atom. The SMILES string of the molecule is c1csc(-c2noc(C3CN(Cc4ccsc4)C3)n2)c1. The molecule has 20 heavy (non-hydrogen) atoms. The molecule has 0 bridgehead atoms. The van der Waals surface area contributed by atoms with Crippen LogP contribution in [0.25, 0.3) is 10.7 Å². The lowest BCUT2D eigenvalue weighted by atomic mass is 10.00. The molecule has 0 radical (unpaired) electrons. The molecule has 1 aliphatic rings. The topological polar surface area (TPSA) is 42.2 Å². The maximum absolute atomic E-state index is 5.40. The van der Waals surface area contributed by atoms with E-state index in [1.54, 1.807) is 22.7 Å². The van der Waals surface area contributed by atoms with Crippen molar-refractivity contribution in [2.45, 2.75) is 12.5 Å². The fraction of sp³-hybridized carbons (Fsp3) is 0.286. The largest absolute Gasteiger partial charge is 0.339 e. The van der Waals surface area contributed by atoms with Gasteiger partial charge in [-0.3, -0.25) is 4.90 Å². The van der Waals surface area contributed by atoms with Gasteiger partial charge in [-0.25, -0.2) is 0 Å². The standard InChI is InChI=1S/C14H13N3OS2/c1-2-12(20-4-1)13-15-14(18-16-13)11-7-17(8-11)6-10-3-5-19-9-10/h1-5,9,11H,6-8H2. The molecule has 4 heterocycles. The number of hydrogen-bond acceptors (Lipinski definition) is 6. The normalized spacial score (nSPS) is 16.4. The first-order valence-corrected chi connectivity index (χ1v) is 8.31. The third kappa shape index (κ3) is 2.30. The lowest BCUT2D eigenvalue weighted by Crippen LogP contribution is -2.44. The molecule has 0 spiro atoms. The molecule has 1 fully saturated rings. The van der Waals surface area contributed by atoms with E-state index >= 15 is 0 Å². The number of aromatic nitrogens is 2. The second-order valence-corrected chi connectivity index (χ2v) is 6.68. The molecule has 0 amide bonds. The van der Waals surface area contributed by atoms with Crippen molar-refractivity contribution < 1.29 is 4.52 Å². The van der Waals surface area contributed by atoms with Crippen LogP contribution in [0.2, 0.25) is 0 Å². The molecule has 4 rings (SSSR count). The van der Waals surface area contributed by atoms with Crippen molar-refractivity contribution in [3.05, 3.63) is 45.8 Å². The van der Waals surface area contributed by atoms with Crippen LogP contribution in [0.5, 0.6) is 0 Å². The van der Waals surface area contributed by atoms with Crippen LogP contribution in [-0.4, -0.2) is 28.1 Å². The van der Waals surface area contributed by atoms with Crippen LogP contribution in [0.1, 0.15) is 17.4 Å². The molecule has 1 aliphatic heterocycles. The Morgan fingerprint density at radius 3 is 3.00 bits per heavy atom. The van der Waals surface area contributed by atoms with Gasteiger partial charge in [0.2, 0.25) is 11.7 Å². The second-order valence-electron chi connectivity index (χ2n) is 4.96. The third-order valence-corrected chi connectivity index (χ3v) is 5.07. The van der Waals surface area contributed by atoms with Crippen LogP contribution in [0.4, 0.5) is 0 Å². The Balaban J connectivity index is 1.39. The van der Waals surface area contributed by atoms with E-state index in [9.17, 15) is 0 Å². The van der Waals surface area contributed by atoms with Crippen LogP contribution in [0.15, 0.2) is 38.9 Å². The Kier molecular flexibility index (Phi) is 3.14. The Bertz CT molecular complexity index is 669. The molecule has 0 atom stereocenters. The predicted octanol–water partition coefficient (Wildman–Crippen LogP) is 3.46. The fourth-order valence-corrected chi connectivity index (χ4v) is 3.71. The van der Waals surface area contributed by atoms with Crippen LogP contribution < -0.4 is 0 Å². The first kappa shape index (κ1) is 12.3. The summed E-state index contributed by atoms with van der Waals surface area (Å²) in [4.78, 5) is 7.98. The molecule has 4 nitrogen and oxygen atoms in total. The zero-order valence-corrected chi connectivity index (χ0v) is 12.4. The predicted molar refractivity (Wildman–Crippen MR) is 79.9 cm³/mol. The van der Waals surface area contributed by atoms with Crippen molar-refractivity contribution in [1.29, 1.82) is 0 Å². The molecule has 0 unspecified atom stereocenters. The Labute approximate surface area is 124 Å². The smallest absolute Gasteiger partial charge is 0.232 e. The zero-order chi connectivity index (χ0) is 13.4. The molecule has 102 valence electrons. The summed E-state index contributed by atoms with van der Waals surface area (Å²) < 4.78 is 5.40. The lowest BCUT2D eigenvalue weighted by Gasteiger charge is -2.36. The molecule has 1 saturated heterocycles. The van der Waals surface area contributed by atoms with Gasteiger partial charge < -0.3 is 4.52 Å². The van der Waals surface area contributed by atoms with Crippen molar-refractivity contribution >= 4 is 22.7 Å². The summed E-state index contributed by atoms with van der Waals surface area (Å²) in [5.41, 5.74) is 1.39. The minimum absolute atomic E-state index is 0.384. The summed E-state index contributed by atoms with van der Waals surface area (Å²) in [5, 5.41) is 10.4. The van der Waals surface area contributed by atoms with Gasteiger partial charge in [-0.2, -0.15) is 16.3 Å². The van der Waals surface area contributed by atoms with Gasteiger partial charge in [0.25, 0.3) is 0 Å². The number of likely N-dealkylation sites (tertiary alicyclic amines) is 1. The monoisotopic (exact) mass is 303 g/mol. The highest BCUT2D eigenvalue weighted by molar-refractivity contribution is 7.13. The number of thiophene rings is 2. The van der Waals surface area contributed by atoms with Crippen molar-refractivity contribution in [3.8, 4) is 10.7 Å². The van der Waals surface area contributed by atoms with Gasteiger partial charge in [0.15, 0.2) is 0 Å². The van der Waals surface area contributed by atoms with Gasteiger partial charge in [-0.15, -0.1) is 11.3 Å². The first-order valence-electron chi connectivity index (χ1n) is 6.49. The highest BCUT2D eigenvalue weighted by Gasteiger charge is 2.32. The van der Waals surface area contributed by atoms with Crippen LogP contribution >= 0.6 is 22.7 Å². The average Bonchev–Trinajstić information content (AvgIpc) is 3.13. The van der Waals surface area contributed by atoms with Gasteiger partial charge >= 0.3 is 0 Å². The minimum atomic E-state index is 0.384. The van der Waals surface area contributed by atoms with E-state index in [1.165, 1.54) is 5.56 Å². The minimum Gasteiger partial charge on any atom is -0.339 e. The van der Waals surface area contributed by atoms with Crippen molar-refractivity contribution in [2.24, 2.45) is 0 Å². The molecule has 0 saturated carbocycles. The highest BCUT2D eigenvalue weighted by atomic mass is 32.1. The van der Waals surface area contributed by atoms with E-state index in [4.69, 9.17) is 4.52 Å².